The van der Waals surface area contributed by atoms with Gasteiger partial charge in [0.1, 0.15) is 5.82 Å². The Morgan fingerprint density at radius 3 is 2.75 bits per heavy atom. The lowest BCUT2D eigenvalue weighted by Crippen LogP contribution is -1.97. The van der Waals surface area contributed by atoms with Gasteiger partial charge in [-0.1, -0.05) is 23.7 Å². The summed E-state index contributed by atoms with van der Waals surface area (Å²) >= 11 is 11.0. The number of nitrogens with zero attached hydrogens (tertiary/aromatic N) is 2. The highest BCUT2D eigenvalue weighted by Gasteiger charge is 2.06. The van der Waals surface area contributed by atoms with E-state index in [1.807, 2.05) is 18.2 Å². The molecule has 1 aromatic heterocycles. The van der Waals surface area contributed by atoms with Gasteiger partial charge < -0.3 is 4.74 Å². The molecule has 1 N–H and O–H groups in total. The Morgan fingerprint density at radius 2 is 2.06 bits per heavy atom. The van der Waals surface area contributed by atoms with Gasteiger partial charge in [0, 0.05) is 5.56 Å². The molecule has 82 valence electrons. The summed E-state index contributed by atoms with van der Waals surface area (Å²) in [5, 5.41) is 0.592. The van der Waals surface area contributed by atoms with E-state index >= 15 is 0 Å². The van der Waals surface area contributed by atoms with Crippen LogP contribution in [0.25, 0.3) is 11.4 Å². The molecular formula is C10H8ClN3OS. The largest absolute Gasteiger partial charge is 0.468 e. The molecule has 4 nitrogen and oxygen atoms in total. The molecule has 0 fully saturated rings. The van der Waals surface area contributed by atoms with Crippen molar-refractivity contribution in [3.63, 3.8) is 0 Å². The Balaban J connectivity index is 2.60. The molecule has 6 heteroatoms. The SMILES string of the molecule is COc1nc(=S)nc(-c2ccccc2Cl)[nH]1. The first-order valence-electron chi connectivity index (χ1n) is 4.48. The van der Waals surface area contributed by atoms with Crippen LogP contribution in [-0.2, 0) is 0 Å². The molecule has 0 bridgehead atoms. The molecule has 0 atom stereocenters. The van der Waals surface area contributed by atoms with Crippen LogP contribution in [0.2, 0.25) is 5.02 Å². The van der Waals surface area contributed by atoms with Crippen molar-refractivity contribution in [2.24, 2.45) is 0 Å². The molecule has 16 heavy (non-hydrogen) atoms. The number of H-pyrrole nitrogens is 1. The summed E-state index contributed by atoms with van der Waals surface area (Å²) in [6.07, 6.45) is 0. The molecule has 0 aliphatic rings. The summed E-state index contributed by atoms with van der Waals surface area (Å²) in [6.45, 7) is 0. The van der Waals surface area contributed by atoms with Gasteiger partial charge in [-0.3, -0.25) is 4.98 Å². The number of methoxy groups -OCH3 is 1. The summed E-state index contributed by atoms with van der Waals surface area (Å²) in [5.41, 5.74) is 0.760. The summed E-state index contributed by atoms with van der Waals surface area (Å²) in [5.74, 6) is 0.544. The second kappa shape index (κ2) is 4.59. The van der Waals surface area contributed by atoms with Crippen molar-refractivity contribution < 1.29 is 4.74 Å². The van der Waals surface area contributed by atoms with Crippen LogP contribution in [0.15, 0.2) is 24.3 Å². The fourth-order valence-corrected chi connectivity index (χ4v) is 1.64. The van der Waals surface area contributed by atoms with E-state index in [2.05, 4.69) is 15.0 Å². The van der Waals surface area contributed by atoms with E-state index in [1.165, 1.54) is 7.11 Å². The van der Waals surface area contributed by atoms with Gasteiger partial charge in [-0.05, 0) is 24.4 Å². The monoisotopic (exact) mass is 253 g/mol. The fraction of sp³-hybridized carbons (Fsp3) is 0.100. The lowest BCUT2D eigenvalue weighted by Gasteiger charge is -2.04. The van der Waals surface area contributed by atoms with E-state index in [9.17, 15) is 0 Å². The summed E-state index contributed by atoms with van der Waals surface area (Å²) in [4.78, 5) is 10.9. The first-order valence-corrected chi connectivity index (χ1v) is 5.26. The van der Waals surface area contributed by atoms with Crippen molar-refractivity contribution in [3.05, 3.63) is 34.1 Å². The van der Waals surface area contributed by atoms with E-state index in [-0.39, 0.29) is 4.77 Å². The minimum absolute atomic E-state index is 0.213. The first kappa shape index (κ1) is 11.0. The lowest BCUT2D eigenvalue weighted by atomic mass is 10.2. The van der Waals surface area contributed by atoms with Crippen LogP contribution in [-0.4, -0.2) is 22.1 Å². The Bertz CT molecular complexity index is 570. The molecule has 0 spiro atoms. The number of aromatic nitrogens is 3. The molecule has 0 aliphatic heterocycles. The van der Waals surface area contributed by atoms with Gasteiger partial charge in [-0.2, -0.15) is 4.98 Å². The Labute approximate surface area is 102 Å². The molecule has 1 aromatic carbocycles. The molecule has 0 unspecified atom stereocenters. The van der Waals surface area contributed by atoms with E-state index in [1.54, 1.807) is 6.07 Å². The fourth-order valence-electron chi connectivity index (χ4n) is 1.24. The third kappa shape index (κ3) is 2.20. The zero-order valence-electron chi connectivity index (χ0n) is 8.40. The van der Waals surface area contributed by atoms with Crippen LogP contribution in [0, 0.1) is 4.77 Å². The van der Waals surface area contributed by atoms with Gasteiger partial charge >= 0.3 is 0 Å². The molecule has 0 radical (unpaired) electrons. The first-order chi connectivity index (χ1) is 7.70. The number of hydrogen-bond acceptors (Lipinski definition) is 4. The van der Waals surface area contributed by atoms with Crippen LogP contribution in [0.5, 0.6) is 6.01 Å². The average Bonchev–Trinajstić information content (AvgIpc) is 2.28. The van der Waals surface area contributed by atoms with Crippen molar-refractivity contribution in [1.29, 1.82) is 0 Å². The van der Waals surface area contributed by atoms with Crippen LogP contribution >= 0.6 is 23.8 Å². The minimum Gasteiger partial charge on any atom is -0.468 e. The van der Waals surface area contributed by atoms with Crippen molar-refractivity contribution in [3.8, 4) is 17.4 Å². The smallest absolute Gasteiger partial charge is 0.297 e. The molecule has 2 aromatic rings. The molecule has 0 saturated carbocycles. The molecule has 2 rings (SSSR count). The third-order valence-electron chi connectivity index (χ3n) is 1.95. The minimum atomic E-state index is 0.213. The van der Waals surface area contributed by atoms with Gasteiger partial charge in [0.2, 0.25) is 4.77 Å². The van der Waals surface area contributed by atoms with E-state index < -0.39 is 0 Å². The number of nitrogens with one attached hydrogen (secondary N) is 1. The van der Waals surface area contributed by atoms with Crippen LogP contribution in [0.4, 0.5) is 0 Å². The van der Waals surface area contributed by atoms with Crippen LogP contribution in [0.1, 0.15) is 0 Å². The Hall–Kier alpha value is -1.46. The molecule has 1 heterocycles. The van der Waals surface area contributed by atoms with Crippen molar-refractivity contribution in [2.45, 2.75) is 0 Å². The number of benzene rings is 1. The molecule has 0 saturated heterocycles. The topological polar surface area (TPSA) is 50.8 Å². The Morgan fingerprint density at radius 1 is 1.31 bits per heavy atom. The Kier molecular flexibility index (Phi) is 3.17. The van der Waals surface area contributed by atoms with Gasteiger partial charge in [0.25, 0.3) is 6.01 Å². The predicted octanol–water partition coefficient (Wildman–Crippen LogP) is 2.86. The van der Waals surface area contributed by atoms with E-state index in [4.69, 9.17) is 28.6 Å². The summed E-state index contributed by atoms with van der Waals surface area (Å²) in [7, 11) is 1.50. The predicted molar refractivity (Wildman–Crippen MR) is 64.2 cm³/mol. The normalized spacial score (nSPS) is 10.1. The second-order valence-electron chi connectivity index (χ2n) is 2.97. The highest BCUT2D eigenvalue weighted by molar-refractivity contribution is 7.71. The second-order valence-corrected chi connectivity index (χ2v) is 3.74. The van der Waals surface area contributed by atoms with E-state index in [0.29, 0.717) is 16.9 Å². The van der Waals surface area contributed by atoms with Gasteiger partial charge in [-0.15, -0.1) is 0 Å². The zero-order chi connectivity index (χ0) is 11.5. The van der Waals surface area contributed by atoms with Crippen molar-refractivity contribution >= 4 is 23.8 Å². The van der Waals surface area contributed by atoms with Crippen molar-refractivity contribution in [2.75, 3.05) is 7.11 Å². The average molecular weight is 254 g/mol. The number of hydrogen-bond donors (Lipinski definition) is 1. The standard InChI is InChI=1S/C10H8ClN3OS/c1-15-9-12-8(13-10(16)14-9)6-4-2-3-5-7(6)11/h2-5H,1H3,(H,12,13,14,16). The van der Waals surface area contributed by atoms with Gasteiger partial charge in [0.05, 0.1) is 12.1 Å². The maximum absolute atomic E-state index is 6.05. The highest BCUT2D eigenvalue weighted by atomic mass is 35.5. The maximum atomic E-state index is 6.05. The van der Waals surface area contributed by atoms with Crippen LogP contribution < -0.4 is 4.74 Å². The number of rotatable bonds is 2. The summed E-state index contributed by atoms with van der Waals surface area (Å²) in [6, 6.07) is 7.65. The molecular weight excluding hydrogens is 246 g/mol. The number of halogens is 1. The quantitative estimate of drug-likeness (QED) is 0.837. The lowest BCUT2D eigenvalue weighted by molar-refractivity contribution is 0.378. The highest BCUT2D eigenvalue weighted by Crippen LogP contribution is 2.24. The number of ether oxygens (including phenoxy) is 1. The number of aromatic amines is 1. The molecule has 0 amide bonds. The zero-order valence-corrected chi connectivity index (χ0v) is 9.97. The van der Waals surface area contributed by atoms with Crippen LogP contribution in [0.3, 0.4) is 0 Å². The van der Waals surface area contributed by atoms with Crippen molar-refractivity contribution in [1.82, 2.24) is 15.0 Å². The maximum Gasteiger partial charge on any atom is 0.297 e. The van der Waals surface area contributed by atoms with Gasteiger partial charge in [-0.25, -0.2) is 4.98 Å². The van der Waals surface area contributed by atoms with Gasteiger partial charge in [0.15, 0.2) is 0 Å². The molecule has 0 aliphatic carbocycles. The third-order valence-corrected chi connectivity index (χ3v) is 2.46. The summed E-state index contributed by atoms with van der Waals surface area (Å²) < 4.78 is 5.19. The van der Waals surface area contributed by atoms with E-state index in [0.717, 1.165) is 5.56 Å².